The average Bonchev–Trinajstić information content (AvgIpc) is 2.82. The average molecular weight is 253 g/mol. The van der Waals surface area contributed by atoms with Gasteiger partial charge in [-0.3, -0.25) is 0 Å². The second-order valence-corrected chi connectivity index (χ2v) is 7.42. The largest absolute Gasteiger partial charge is 0.377 e. The quantitative estimate of drug-likeness (QED) is 0.827. The van der Waals surface area contributed by atoms with Crippen molar-refractivity contribution >= 4 is 0 Å². The normalized spacial score (nSPS) is 35.7. The molecule has 2 heteroatoms. The van der Waals surface area contributed by atoms with Crippen molar-refractivity contribution in [2.45, 2.75) is 84.4 Å². The van der Waals surface area contributed by atoms with E-state index in [9.17, 15) is 0 Å². The maximum absolute atomic E-state index is 5.77. The third-order valence-corrected chi connectivity index (χ3v) is 4.97. The number of rotatable bonds is 3. The monoisotopic (exact) mass is 253 g/mol. The standard InChI is InChI=1S/C16H31NO/c1-12(15-6-5-11-18-15)17-14-9-7-13(8-10-14)16(2,3)4/h12-15,17H,5-11H2,1-4H3. The van der Waals surface area contributed by atoms with Crippen molar-refractivity contribution in [3.05, 3.63) is 0 Å². The molecule has 2 nitrogen and oxygen atoms in total. The van der Waals surface area contributed by atoms with Crippen molar-refractivity contribution in [2.24, 2.45) is 11.3 Å². The summed E-state index contributed by atoms with van der Waals surface area (Å²) in [4.78, 5) is 0. The lowest BCUT2D eigenvalue weighted by Crippen LogP contribution is -2.45. The molecule has 0 bridgehead atoms. The van der Waals surface area contributed by atoms with Gasteiger partial charge in [-0.2, -0.15) is 0 Å². The highest BCUT2D eigenvalue weighted by atomic mass is 16.5. The van der Waals surface area contributed by atoms with Crippen LogP contribution in [0.5, 0.6) is 0 Å². The van der Waals surface area contributed by atoms with E-state index in [4.69, 9.17) is 4.74 Å². The molecule has 106 valence electrons. The van der Waals surface area contributed by atoms with Crippen LogP contribution in [0.1, 0.15) is 66.2 Å². The molecule has 0 radical (unpaired) electrons. The Hall–Kier alpha value is -0.0800. The summed E-state index contributed by atoms with van der Waals surface area (Å²) in [7, 11) is 0. The van der Waals surface area contributed by atoms with Crippen LogP contribution in [-0.2, 0) is 4.74 Å². The Labute approximate surface area is 113 Å². The fraction of sp³-hybridized carbons (Fsp3) is 1.00. The first kappa shape index (κ1) is 14.3. The predicted octanol–water partition coefficient (Wildman–Crippen LogP) is 3.75. The van der Waals surface area contributed by atoms with Gasteiger partial charge in [-0.15, -0.1) is 0 Å². The minimum Gasteiger partial charge on any atom is -0.377 e. The van der Waals surface area contributed by atoms with Crippen molar-refractivity contribution < 1.29 is 4.74 Å². The molecule has 1 saturated heterocycles. The zero-order valence-electron chi connectivity index (χ0n) is 12.7. The molecule has 2 atom stereocenters. The zero-order valence-corrected chi connectivity index (χ0v) is 12.7. The topological polar surface area (TPSA) is 21.3 Å². The van der Waals surface area contributed by atoms with Gasteiger partial charge in [0.25, 0.3) is 0 Å². The van der Waals surface area contributed by atoms with Gasteiger partial charge in [0.05, 0.1) is 6.10 Å². The number of nitrogens with one attached hydrogen (secondary N) is 1. The van der Waals surface area contributed by atoms with E-state index in [1.807, 2.05) is 0 Å². The van der Waals surface area contributed by atoms with Crippen molar-refractivity contribution in [3.8, 4) is 0 Å². The second-order valence-electron chi connectivity index (χ2n) is 7.42. The van der Waals surface area contributed by atoms with Gasteiger partial charge in [0, 0.05) is 18.7 Å². The molecule has 2 unspecified atom stereocenters. The van der Waals surface area contributed by atoms with E-state index in [2.05, 4.69) is 33.0 Å². The minimum atomic E-state index is 0.463. The molecular weight excluding hydrogens is 222 g/mol. The fourth-order valence-corrected chi connectivity index (χ4v) is 3.60. The molecule has 2 rings (SSSR count). The van der Waals surface area contributed by atoms with Crippen molar-refractivity contribution in [1.82, 2.24) is 5.32 Å². The Balaban J connectivity index is 1.73. The molecule has 2 aliphatic rings. The van der Waals surface area contributed by atoms with Crippen LogP contribution in [-0.4, -0.2) is 24.8 Å². The Morgan fingerprint density at radius 3 is 2.22 bits per heavy atom. The summed E-state index contributed by atoms with van der Waals surface area (Å²) in [5.74, 6) is 0.911. The molecule has 1 aliphatic heterocycles. The van der Waals surface area contributed by atoms with Gasteiger partial charge in [0.15, 0.2) is 0 Å². The highest BCUT2D eigenvalue weighted by molar-refractivity contribution is 4.86. The first-order valence-electron chi connectivity index (χ1n) is 7.84. The first-order chi connectivity index (χ1) is 8.47. The van der Waals surface area contributed by atoms with Gasteiger partial charge < -0.3 is 10.1 Å². The summed E-state index contributed by atoms with van der Waals surface area (Å²) in [6, 6.07) is 1.26. The summed E-state index contributed by atoms with van der Waals surface area (Å²) in [5, 5.41) is 3.81. The lowest BCUT2D eigenvalue weighted by atomic mass is 9.71. The lowest BCUT2D eigenvalue weighted by Gasteiger charge is -2.38. The molecule has 2 fully saturated rings. The van der Waals surface area contributed by atoms with Gasteiger partial charge in [0.1, 0.15) is 0 Å². The third-order valence-electron chi connectivity index (χ3n) is 4.97. The molecule has 1 heterocycles. The number of hydrogen-bond donors (Lipinski definition) is 1. The fourth-order valence-electron chi connectivity index (χ4n) is 3.60. The second kappa shape index (κ2) is 5.92. The molecular formula is C16H31NO. The summed E-state index contributed by atoms with van der Waals surface area (Å²) < 4.78 is 5.77. The SMILES string of the molecule is CC(NC1CCC(C(C)(C)C)CC1)C1CCCO1. The predicted molar refractivity (Wildman–Crippen MR) is 76.8 cm³/mol. The number of ether oxygens (including phenoxy) is 1. The first-order valence-corrected chi connectivity index (χ1v) is 7.84. The van der Waals surface area contributed by atoms with Crippen LogP contribution < -0.4 is 5.32 Å². The highest BCUT2D eigenvalue weighted by Crippen LogP contribution is 2.37. The molecule has 18 heavy (non-hydrogen) atoms. The van der Waals surface area contributed by atoms with E-state index in [1.54, 1.807) is 0 Å². The Bertz CT molecular complexity index is 244. The van der Waals surface area contributed by atoms with Crippen LogP contribution in [0.4, 0.5) is 0 Å². The summed E-state index contributed by atoms with van der Waals surface area (Å²) >= 11 is 0. The van der Waals surface area contributed by atoms with Crippen molar-refractivity contribution in [2.75, 3.05) is 6.61 Å². The van der Waals surface area contributed by atoms with E-state index in [0.29, 0.717) is 17.6 Å². The van der Waals surface area contributed by atoms with Crippen LogP contribution in [0.25, 0.3) is 0 Å². The molecule has 0 aromatic carbocycles. The van der Waals surface area contributed by atoms with E-state index in [1.165, 1.54) is 38.5 Å². The third kappa shape index (κ3) is 3.71. The highest BCUT2D eigenvalue weighted by Gasteiger charge is 2.31. The zero-order chi connectivity index (χ0) is 13.2. The summed E-state index contributed by atoms with van der Waals surface area (Å²) in [6.07, 6.45) is 8.42. The van der Waals surface area contributed by atoms with Crippen LogP contribution in [0.2, 0.25) is 0 Å². The molecule has 0 spiro atoms. The van der Waals surface area contributed by atoms with E-state index in [-0.39, 0.29) is 0 Å². The van der Waals surface area contributed by atoms with Crippen LogP contribution in [0.3, 0.4) is 0 Å². The van der Waals surface area contributed by atoms with Crippen molar-refractivity contribution in [3.63, 3.8) is 0 Å². The minimum absolute atomic E-state index is 0.463. The van der Waals surface area contributed by atoms with Crippen LogP contribution in [0, 0.1) is 11.3 Å². The Morgan fingerprint density at radius 2 is 1.72 bits per heavy atom. The Kier molecular flexibility index (Phi) is 4.71. The molecule has 0 amide bonds. The van der Waals surface area contributed by atoms with E-state index < -0.39 is 0 Å². The number of hydrogen-bond acceptors (Lipinski definition) is 2. The van der Waals surface area contributed by atoms with Gasteiger partial charge >= 0.3 is 0 Å². The molecule has 1 N–H and O–H groups in total. The summed E-state index contributed by atoms with van der Waals surface area (Å²) in [5.41, 5.74) is 0.491. The smallest absolute Gasteiger partial charge is 0.0726 e. The van der Waals surface area contributed by atoms with Gasteiger partial charge in [-0.1, -0.05) is 20.8 Å². The van der Waals surface area contributed by atoms with Crippen LogP contribution in [0.15, 0.2) is 0 Å². The molecule has 1 saturated carbocycles. The van der Waals surface area contributed by atoms with Gasteiger partial charge in [0.2, 0.25) is 0 Å². The summed E-state index contributed by atoms with van der Waals surface area (Å²) in [6.45, 7) is 10.4. The van der Waals surface area contributed by atoms with E-state index in [0.717, 1.165) is 18.6 Å². The van der Waals surface area contributed by atoms with Gasteiger partial charge in [-0.05, 0) is 56.8 Å². The van der Waals surface area contributed by atoms with E-state index >= 15 is 0 Å². The Morgan fingerprint density at radius 1 is 1.06 bits per heavy atom. The van der Waals surface area contributed by atoms with Crippen molar-refractivity contribution in [1.29, 1.82) is 0 Å². The lowest BCUT2D eigenvalue weighted by molar-refractivity contribution is 0.0729. The maximum atomic E-state index is 5.77. The molecule has 0 aromatic rings. The van der Waals surface area contributed by atoms with Gasteiger partial charge in [-0.25, -0.2) is 0 Å². The molecule has 0 aromatic heterocycles. The maximum Gasteiger partial charge on any atom is 0.0726 e. The molecule has 1 aliphatic carbocycles. The van der Waals surface area contributed by atoms with Crippen LogP contribution >= 0.6 is 0 Å².